The van der Waals surface area contributed by atoms with Crippen molar-refractivity contribution in [2.24, 2.45) is 0 Å². The zero-order chi connectivity index (χ0) is 17.6. The van der Waals surface area contributed by atoms with E-state index in [-0.39, 0.29) is 24.3 Å². The molecule has 4 heteroatoms. The fourth-order valence-electron chi connectivity index (χ4n) is 3.99. The quantitative estimate of drug-likeness (QED) is 0.793. The minimum Gasteiger partial charge on any atom is -0.287 e. The van der Waals surface area contributed by atoms with Crippen molar-refractivity contribution in [3.8, 4) is 0 Å². The van der Waals surface area contributed by atoms with Gasteiger partial charge in [-0.2, -0.15) is 0 Å². The number of amides is 2. The highest BCUT2D eigenvalue weighted by Gasteiger charge is 2.43. The second-order valence-electron chi connectivity index (χ2n) is 7.07. The summed E-state index contributed by atoms with van der Waals surface area (Å²) >= 11 is 0. The lowest BCUT2D eigenvalue weighted by Crippen LogP contribution is -2.44. The van der Waals surface area contributed by atoms with Gasteiger partial charge in [-0.1, -0.05) is 42.0 Å². The fraction of sp³-hybridized carbons (Fsp3) is 0.333. The maximum Gasteiger partial charge on any atom is 0.251 e. The van der Waals surface area contributed by atoms with Gasteiger partial charge in [0.05, 0.1) is 18.2 Å². The predicted molar refractivity (Wildman–Crippen MR) is 97.4 cm³/mol. The fourth-order valence-corrected chi connectivity index (χ4v) is 3.99. The van der Waals surface area contributed by atoms with Gasteiger partial charge in [0.1, 0.15) is 0 Å². The highest BCUT2D eigenvalue weighted by atomic mass is 16.2. The van der Waals surface area contributed by atoms with Crippen molar-refractivity contribution >= 4 is 17.5 Å². The summed E-state index contributed by atoms with van der Waals surface area (Å²) in [6.07, 6.45) is 1.20. The van der Waals surface area contributed by atoms with Crippen molar-refractivity contribution in [1.82, 2.24) is 4.90 Å². The van der Waals surface area contributed by atoms with Crippen LogP contribution in [0.25, 0.3) is 0 Å². The molecule has 128 valence electrons. The Kier molecular flexibility index (Phi) is 3.92. The Bertz CT molecular complexity index is 859. The van der Waals surface area contributed by atoms with Gasteiger partial charge >= 0.3 is 0 Å². The molecule has 0 aromatic heterocycles. The van der Waals surface area contributed by atoms with Gasteiger partial charge in [0.2, 0.25) is 5.91 Å². The molecule has 1 saturated heterocycles. The lowest BCUT2D eigenvalue weighted by atomic mass is 9.98. The molecular weight excluding hydrogens is 312 g/mol. The summed E-state index contributed by atoms with van der Waals surface area (Å²) < 4.78 is 0. The first kappa shape index (κ1) is 16.0. The molecule has 0 bridgehead atoms. The minimum absolute atomic E-state index is 0.0867. The minimum atomic E-state index is -0.346. The van der Waals surface area contributed by atoms with Crippen molar-refractivity contribution < 1.29 is 9.59 Å². The summed E-state index contributed by atoms with van der Waals surface area (Å²) in [5.74, 6) is -0.183. The maximum atomic E-state index is 13.0. The van der Waals surface area contributed by atoms with Gasteiger partial charge in [0.15, 0.2) is 0 Å². The third kappa shape index (κ3) is 2.76. The van der Waals surface area contributed by atoms with Crippen molar-refractivity contribution in [3.05, 3.63) is 64.7 Å². The van der Waals surface area contributed by atoms with Crippen molar-refractivity contribution in [1.29, 1.82) is 0 Å². The Hall–Kier alpha value is -2.46. The normalized spacial score (nSPS) is 20.9. The second kappa shape index (κ2) is 6.12. The lowest BCUT2D eigenvalue weighted by Gasteiger charge is -2.32. The molecule has 2 heterocycles. The summed E-state index contributed by atoms with van der Waals surface area (Å²) in [5, 5.41) is 0. The lowest BCUT2D eigenvalue weighted by molar-refractivity contribution is -0.123. The standard InChI is InChI=1S/C21H22N2O2/c1-14-7-8-18(15(2)11-14)23-20(24)12-19(21(23)25)22-10-9-16-5-3-4-6-17(16)13-22/h3-8,11,19H,9-10,12-13H2,1-2H3/t19-/m0/s1. The van der Waals surface area contributed by atoms with E-state index in [2.05, 4.69) is 23.1 Å². The van der Waals surface area contributed by atoms with Gasteiger partial charge in [-0.25, -0.2) is 4.90 Å². The van der Waals surface area contributed by atoms with Crippen LogP contribution in [0.5, 0.6) is 0 Å². The number of imide groups is 1. The zero-order valence-corrected chi connectivity index (χ0v) is 14.7. The molecule has 4 nitrogen and oxygen atoms in total. The van der Waals surface area contributed by atoms with Crippen molar-refractivity contribution in [2.45, 2.75) is 39.3 Å². The molecule has 0 N–H and O–H groups in total. The number of carbonyl (C=O) groups excluding carboxylic acids is 2. The summed E-state index contributed by atoms with van der Waals surface area (Å²) in [6.45, 7) is 5.52. The highest BCUT2D eigenvalue weighted by Crippen LogP contribution is 2.31. The predicted octanol–water partition coefficient (Wildman–Crippen LogP) is 2.99. The third-order valence-electron chi connectivity index (χ3n) is 5.32. The number of hydrogen-bond acceptors (Lipinski definition) is 3. The molecule has 2 aromatic rings. The Labute approximate surface area is 148 Å². The van der Waals surface area contributed by atoms with Crippen molar-refractivity contribution in [3.63, 3.8) is 0 Å². The van der Waals surface area contributed by atoms with Crippen LogP contribution in [0.15, 0.2) is 42.5 Å². The summed E-state index contributed by atoms with van der Waals surface area (Å²) in [4.78, 5) is 29.2. The average Bonchev–Trinajstić information content (AvgIpc) is 2.89. The molecular formula is C21H22N2O2. The third-order valence-corrected chi connectivity index (χ3v) is 5.32. The number of benzene rings is 2. The number of carbonyl (C=O) groups is 2. The Balaban J connectivity index is 1.60. The van der Waals surface area contributed by atoms with Crippen LogP contribution in [0.2, 0.25) is 0 Å². The van der Waals surface area contributed by atoms with Crippen LogP contribution >= 0.6 is 0 Å². The molecule has 0 radical (unpaired) electrons. The molecule has 1 atom stereocenters. The summed E-state index contributed by atoms with van der Waals surface area (Å²) in [6, 6.07) is 13.9. The van der Waals surface area contributed by atoms with E-state index >= 15 is 0 Å². The molecule has 1 fully saturated rings. The van der Waals surface area contributed by atoms with E-state index in [9.17, 15) is 9.59 Å². The smallest absolute Gasteiger partial charge is 0.251 e. The first-order valence-corrected chi connectivity index (χ1v) is 8.79. The van der Waals surface area contributed by atoms with E-state index in [4.69, 9.17) is 0 Å². The monoisotopic (exact) mass is 334 g/mol. The van der Waals surface area contributed by atoms with E-state index in [0.717, 1.165) is 36.3 Å². The van der Waals surface area contributed by atoms with Crippen LogP contribution in [-0.2, 0) is 22.6 Å². The number of anilines is 1. The van der Waals surface area contributed by atoms with Crippen molar-refractivity contribution in [2.75, 3.05) is 11.4 Å². The highest BCUT2D eigenvalue weighted by molar-refractivity contribution is 6.22. The Morgan fingerprint density at radius 3 is 2.52 bits per heavy atom. The van der Waals surface area contributed by atoms with Gasteiger partial charge in [-0.05, 0) is 43.0 Å². The van der Waals surface area contributed by atoms with Gasteiger partial charge < -0.3 is 0 Å². The molecule has 0 aliphatic carbocycles. The molecule has 0 spiro atoms. The number of fused-ring (bicyclic) bond motifs is 1. The molecule has 0 unspecified atom stereocenters. The number of aryl methyl sites for hydroxylation is 2. The van der Waals surface area contributed by atoms with Gasteiger partial charge in [-0.15, -0.1) is 0 Å². The van der Waals surface area contributed by atoms with E-state index < -0.39 is 0 Å². The topological polar surface area (TPSA) is 40.6 Å². The molecule has 0 saturated carbocycles. The largest absolute Gasteiger partial charge is 0.287 e. The SMILES string of the molecule is Cc1ccc(N2C(=O)C[C@H](N3CCc4ccccc4C3)C2=O)c(C)c1. The molecule has 2 aliphatic rings. The van der Waals surface area contributed by atoms with E-state index in [1.54, 1.807) is 0 Å². The zero-order valence-electron chi connectivity index (χ0n) is 14.7. The van der Waals surface area contributed by atoms with E-state index in [1.165, 1.54) is 16.0 Å². The van der Waals surface area contributed by atoms with Crippen LogP contribution in [0.3, 0.4) is 0 Å². The van der Waals surface area contributed by atoms with Crippen LogP contribution in [0, 0.1) is 13.8 Å². The number of nitrogens with zero attached hydrogens (tertiary/aromatic N) is 2. The molecule has 2 amide bonds. The summed E-state index contributed by atoms with van der Waals surface area (Å²) in [5.41, 5.74) is 5.43. The van der Waals surface area contributed by atoms with E-state index in [1.807, 2.05) is 38.1 Å². The molecule has 4 rings (SSSR count). The van der Waals surface area contributed by atoms with Gasteiger partial charge in [0, 0.05) is 13.1 Å². The molecule has 2 aliphatic heterocycles. The number of rotatable bonds is 2. The maximum absolute atomic E-state index is 13.0. The van der Waals surface area contributed by atoms with Gasteiger partial charge in [-0.3, -0.25) is 14.5 Å². The molecule has 25 heavy (non-hydrogen) atoms. The van der Waals surface area contributed by atoms with Gasteiger partial charge in [0.25, 0.3) is 5.91 Å². The Morgan fingerprint density at radius 1 is 1.00 bits per heavy atom. The van der Waals surface area contributed by atoms with Crippen LogP contribution in [0.1, 0.15) is 28.7 Å². The second-order valence-corrected chi connectivity index (χ2v) is 7.07. The van der Waals surface area contributed by atoms with Crippen LogP contribution in [0.4, 0.5) is 5.69 Å². The van der Waals surface area contributed by atoms with Crippen LogP contribution in [-0.4, -0.2) is 29.3 Å². The first-order chi connectivity index (χ1) is 12.0. The van der Waals surface area contributed by atoms with E-state index in [0.29, 0.717) is 0 Å². The Morgan fingerprint density at radius 2 is 1.76 bits per heavy atom. The average molecular weight is 334 g/mol. The number of hydrogen-bond donors (Lipinski definition) is 0. The first-order valence-electron chi connectivity index (χ1n) is 8.79. The molecule has 2 aromatic carbocycles. The summed E-state index contributed by atoms with van der Waals surface area (Å²) in [7, 11) is 0. The van der Waals surface area contributed by atoms with Crippen LogP contribution < -0.4 is 4.90 Å².